The van der Waals surface area contributed by atoms with E-state index < -0.39 is 5.91 Å². The summed E-state index contributed by atoms with van der Waals surface area (Å²) in [7, 11) is 1.64. The van der Waals surface area contributed by atoms with Crippen LogP contribution in [0, 0.1) is 5.82 Å². The number of primary amides is 1. The summed E-state index contributed by atoms with van der Waals surface area (Å²) in [5.74, 6) is 0.749. The number of amides is 1. The molecule has 1 amide bonds. The molecule has 1 aromatic heterocycles. The van der Waals surface area contributed by atoms with Crippen LogP contribution in [0.2, 0.25) is 0 Å². The zero-order valence-electron chi connectivity index (χ0n) is 15.2. The van der Waals surface area contributed by atoms with Crippen LogP contribution in [0.15, 0.2) is 45.8 Å². The molecule has 148 valence electrons. The number of hydrogen-bond donors (Lipinski definition) is 3. The van der Waals surface area contributed by atoms with Gasteiger partial charge in [0.25, 0.3) is 5.91 Å². The topological polar surface area (TPSA) is 102 Å². The first-order valence-electron chi connectivity index (χ1n) is 8.27. The summed E-state index contributed by atoms with van der Waals surface area (Å²) in [5.41, 5.74) is 5.15. The number of guanidine groups is 1. The lowest BCUT2D eigenvalue weighted by Gasteiger charge is -2.19. The number of rotatable bonds is 8. The van der Waals surface area contributed by atoms with Gasteiger partial charge in [0.1, 0.15) is 23.4 Å². The van der Waals surface area contributed by atoms with Gasteiger partial charge in [-0.15, -0.1) is 24.0 Å². The van der Waals surface area contributed by atoms with E-state index in [9.17, 15) is 9.18 Å². The van der Waals surface area contributed by atoms with Gasteiger partial charge >= 0.3 is 0 Å². The first-order chi connectivity index (χ1) is 12.5. The number of hydrogen-bond acceptors (Lipinski definition) is 4. The number of ether oxygens (including phenoxy) is 1. The molecule has 0 saturated heterocycles. The quantitative estimate of drug-likeness (QED) is 0.300. The van der Waals surface area contributed by atoms with Crippen molar-refractivity contribution in [2.24, 2.45) is 10.7 Å². The van der Waals surface area contributed by atoms with Gasteiger partial charge in [0.2, 0.25) is 0 Å². The maximum Gasteiger partial charge on any atom is 0.284 e. The van der Waals surface area contributed by atoms with E-state index in [1.807, 2.05) is 6.92 Å². The number of nitrogens with one attached hydrogen (secondary N) is 2. The van der Waals surface area contributed by atoms with Crippen LogP contribution in [0.4, 0.5) is 4.39 Å². The summed E-state index contributed by atoms with van der Waals surface area (Å²) in [5, 5.41) is 6.21. The van der Waals surface area contributed by atoms with Crippen molar-refractivity contribution in [3.05, 3.63) is 53.7 Å². The Morgan fingerprint density at radius 2 is 2.11 bits per heavy atom. The molecule has 0 saturated carbocycles. The molecule has 7 nitrogen and oxygen atoms in total. The van der Waals surface area contributed by atoms with E-state index in [0.29, 0.717) is 30.6 Å². The predicted octanol–water partition coefficient (Wildman–Crippen LogP) is 2.66. The van der Waals surface area contributed by atoms with Crippen LogP contribution in [0.25, 0.3) is 0 Å². The number of halogens is 2. The van der Waals surface area contributed by atoms with Crippen LogP contribution >= 0.6 is 24.0 Å². The van der Waals surface area contributed by atoms with Crippen LogP contribution in [0.5, 0.6) is 5.75 Å². The summed E-state index contributed by atoms with van der Waals surface area (Å²) in [6.07, 6.45) is 0.584. The summed E-state index contributed by atoms with van der Waals surface area (Å²) < 4.78 is 24.3. The number of aliphatic imine (C=N–C) groups is 1. The number of carbonyl (C=O) groups excluding carboxylic acids is 1. The number of carbonyl (C=O) groups is 1. The molecule has 4 N–H and O–H groups in total. The van der Waals surface area contributed by atoms with Gasteiger partial charge in [-0.1, -0.05) is 13.0 Å². The Morgan fingerprint density at radius 3 is 2.70 bits per heavy atom. The largest absolute Gasteiger partial charge is 0.489 e. The van der Waals surface area contributed by atoms with Gasteiger partial charge in [-0.3, -0.25) is 9.79 Å². The van der Waals surface area contributed by atoms with Gasteiger partial charge in [0.15, 0.2) is 11.7 Å². The van der Waals surface area contributed by atoms with Crippen molar-refractivity contribution in [3.8, 4) is 5.75 Å². The fourth-order valence-electron chi connectivity index (χ4n) is 2.21. The minimum Gasteiger partial charge on any atom is -0.489 e. The van der Waals surface area contributed by atoms with Crippen molar-refractivity contribution in [1.29, 1.82) is 0 Å². The number of nitrogens with zero attached hydrogens (tertiary/aromatic N) is 1. The molecule has 9 heteroatoms. The lowest BCUT2D eigenvalue weighted by molar-refractivity contribution is 0.0972. The Bertz CT molecular complexity index is 767. The highest BCUT2D eigenvalue weighted by molar-refractivity contribution is 14.0. The lowest BCUT2D eigenvalue weighted by Crippen LogP contribution is -2.42. The average Bonchev–Trinajstić information content (AvgIpc) is 3.10. The van der Waals surface area contributed by atoms with Crippen molar-refractivity contribution >= 4 is 35.8 Å². The monoisotopic (exact) mass is 490 g/mol. The normalized spacial score (nSPS) is 12.0. The minimum absolute atomic E-state index is 0. The third-order valence-electron chi connectivity index (χ3n) is 3.61. The molecular weight excluding hydrogens is 466 g/mol. The van der Waals surface area contributed by atoms with Gasteiger partial charge in [-0.05, 0) is 30.7 Å². The maximum atomic E-state index is 13.2. The smallest absolute Gasteiger partial charge is 0.284 e. The fraction of sp³-hybridized carbons (Fsp3) is 0.333. The van der Waals surface area contributed by atoms with Crippen LogP contribution in [-0.2, 0) is 6.54 Å². The van der Waals surface area contributed by atoms with E-state index in [-0.39, 0.29) is 41.7 Å². The maximum absolute atomic E-state index is 13.2. The molecule has 1 atom stereocenters. The van der Waals surface area contributed by atoms with Crippen molar-refractivity contribution < 1.29 is 18.3 Å². The zero-order chi connectivity index (χ0) is 18.9. The van der Waals surface area contributed by atoms with E-state index in [2.05, 4.69) is 15.6 Å². The summed E-state index contributed by atoms with van der Waals surface area (Å²) in [6, 6.07) is 9.23. The summed E-state index contributed by atoms with van der Waals surface area (Å²) >= 11 is 0. The molecule has 1 unspecified atom stereocenters. The molecule has 0 radical (unpaired) electrons. The molecule has 27 heavy (non-hydrogen) atoms. The third-order valence-corrected chi connectivity index (χ3v) is 3.61. The van der Waals surface area contributed by atoms with Gasteiger partial charge in [-0.25, -0.2) is 4.39 Å². The second-order valence-electron chi connectivity index (χ2n) is 5.54. The minimum atomic E-state index is -0.612. The second kappa shape index (κ2) is 11.4. The van der Waals surface area contributed by atoms with Crippen LogP contribution in [0.3, 0.4) is 0 Å². The standard InChI is InChI=1S/C18H23FN4O3.HI/c1-3-13(25-14-6-4-5-12(19)9-14)10-22-18(21-2)23-11-15-7-8-16(26-15)17(20)24;/h4-9,13H,3,10-11H2,1-2H3,(H2,20,24)(H2,21,22,23);1H. The van der Waals surface area contributed by atoms with Crippen molar-refractivity contribution in [3.63, 3.8) is 0 Å². The van der Waals surface area contributed by atoms with E-state index >= 15 is 0 Å². The van der Waals surface area contributed by atoms with E-state index in [4.69, 9.17) is 14.9 Å². The van der Waals surface area contributed by atoms with Gasteiger partial charge in [0.05, 0.1) is 13.1 Å². The molecule has 1 heterocycles. The Kier molecular flexibility index (Phi) is 9.62. The average molecular weight is 490 g/mol. The molecule has 2 aromatic rings. The van der Waals surface area contributed by atoms with Gasteiger partial charge < -0.3 is 25.5 Å². The molecular formula is C18H24FIN4O3. The Balaban J connectivity index is 0.00000364. The van der Waals surface area contributed by atoms with Crippen molar-refractivity contribution in [2.45, 2.75) is 26.0 Å². The summed E-state index contributed by atoms with van der Waals surface area (Å²) in [4.78, 5) is 15.1. The van der Waals surface area contributed by atoms with Crippen molar-refractivity contribution in [2.75, 3.05) is 13.6 Å². The number of furan rings is 1. The van der Waals surface area contributed by atoms with Crippen LogP contribution in [0.1, 0.15) is 29.7 Å². The third kappa shape index (κ3) is 7.45. The van der Waals surface area contributed by atoms with Crippen LogP contribution < -0.4 is 21.1 Å². The molecule has 1 aromatic carbocycles. The van der Waals surface area contributed by atoms with E-state index in [1.165, 1.54) is 18.2 Å². The predicted molar refractivity (Wildman–Crippen MR) is 112 cm³/mol. The number of benzene rings is 1. The first-order valence-corrected chi connectivity index (χ1v) is 8.27. The molecule has 0 fully saturated rings. The first kappa shape index (κ1) is 22.7. The summed E-state index contributed by atoms with van der Waals surface area (Å²) in [6.45, 7) is 2.81. The molecule has 0 aliphatic heterocycles. The molecule has 0 bridgehead atoms. The molecule has 2 rings (SSSR count). The zero-order valence-corrected chi connectivity index (χ0v) is 17.5. The lowest BCUT2D eigenvalue weighted by atomic mass is 10.2. The highest BCUT2D eigenvalue weighted by Gasteiger charge is 2.11. The van der Waals surface area contributed by atoms with Crippen LogP contribution in [-0.4, -0.2) is 31.6 Å². The van der Waals surface area contributed by atoms with E-state index in [0.717, 1.165) is 6.42 Å². The molecule has 0 aliphatic rings. The second-order valence-corrected chi connectivity index (χ2v) is 5.54. The molecule has 0 spiro atoms. The van der Waals surface area contributed by atoms with E-state index in [1.54, 1.807) is 25.2 Å². The van der Waals surface area contributed by atoms with Gasteiger partial charge in [0, 0.05) is 13.1 Å². The Morgan fingerprint density at radius 1 is 1.33 bits per heavy atom. The highest BCUT2D eigenvalue weighted by Crippen LogP contribution is 2.14. The Labute approximate surface area is 174 Å². The SMILES string of the molecule is CCC(CNC(=NC)NCc1ccc(C(N)=O)o1)Oc1cccc(F)c1.I. The number of nitrogens with two attached hydrogens (primary N) is 1. The fourth-order valence-corrected chi connectivity index (χ4v) is 2.21. The van der Waals surface area contributed by atoms with Gasteiger partial charge in [-0.2, -0.15) is 0 Å². The highest BCUT2D eigenvalue weighted by atomic mass is 127. The van der Waals surface area contributed by atoms with Crippen molar-refractivity contribution in [1.82, 2.24) is 10.6 Å². The molecule has 0 aliphatic carbocycles. The Hall–Kier alpha value is -2.30.